The highest BCUT2D eigenvalue weighted by atomic mass is 79.9. The summed E-state index contributed by atoms with van der Waals surface area (Å²) in [6, 6.07) is 6.28. The van der Waals surface area contributed by atoms with E-state index in [0.717, 1.165) is 34.4 Å². The smallest absolute Gasteiger partial charge is 0.0481 e. The third-order valence-electron chi connectivity index (χ3n) is 4.18. The molecule has 0 radical (unpaired) electrons. The van der Waals surface area contributed by atoms with Crippen molar-refractivity contribution in [1.29, 1.82) is 0 Å². The van der Waals surface area contributed by atoms with E-state index in [9.17, 15) is 0 Å². The number of likely N-dealkylation sites (tertiary alicyclic amines) is 1. The summed E-state index contributed by atoms with van der Waals surface area (Å²) in [5.74, 6) is 1.54. The lowest BCUT2D eigenvalue weighted by atomic mass is 9.95. The van der Waals surface area contributed by atoms with Gasteiger partial charge in [-0.25, -0.2) is 0 Å². The van der Waals surface area contributed by atoms with Crippen molar-refractivity contribution >= 4 is 27.5 Å². The zero-order valence-corrected chi connectivity index (χ0v) is 13.9. The van der Waals surface area contributed by atoms with E-state index in [1.165, 1.54) is 12.0 Å². The highest BCUT2D eigenvalue weighted by Gasteiger charge is 2.30. The fourth-order valence-corrected chi connectivity index (χ4v) is 3.83. The molecule has 2 unspecified atom stereocenters. The monoisotopic (exact) mass is 344 g/mol. The highest BCUT2D eigenvalue weighted by Crippen LogP contribution is 2.34. The predicted molar refractivity (Wildman–Crippen MR) is 85.5 cm³/mol. The summed E-state index contributed by atoms with van der Waals surface area (Å²) >= 11 is 9.63. The Morgan fingerprint density at radius 1 is 1.47 bits per heavy atom. The maximum Gasteiger partial charge on any atom is 0.0481 e. The summed E-state index contributed by atoms with van der Waals surface area (Å²) in [7, 11) is 0. The normalized spacial score (nSPS) is 22.1. The number of nitrogens with zero attached hydrogens (tertiary/aromatic N) is 1. The Bertz CT molecular complexity index is 436. The molecule has 106 valence electrons. The van der Waals surface area contributed by atoms with Crippen molar-refractivity contribution < 1.29 is 0 Å². The molecule has 1 aliphatic heterocycles. The Balaban J connectivity index is 2.16. The molecule has 2 rings (SSSR count). The van der Waals surface area contributed by atoms with Gasteiger partial charge in [-0.1, -0.05) is 47.4 Å². The van der Waals surface area contributed by atoms with E-state index in [2.05, 4.69) is 40.7 Å². The van der Waals surface area contributed by atoms with Gasteiger partial charge in [0.15, 0.2) is 0 Å². The van der Waals surface area contributed by atoms with E-state index in [1.807, 2.05) is 12.1 Å². The molecule has 19 heavy (non-hydrogen) atoms. The Hall–Kier alpha value is -0.0900. The molecular weight excluding hydrogens is 324 g/mol. The fourth-order valence-electron chi connectivity index (χ4n) is 2.89. The topological polar surface area (TPSA) is 29.3 Å². The van der Waals surface area contributed by atoms with Crippen molar-refractivity contribution in [3.05, 3.63) is 33.3 Å². The first kappa shape index (κ1) is 15.3. The van der Waals surface area contributed by atoms with Crippen LogP contribution in [0.25, 0.3) is 0 Å². The van der Waals surface area contributed by atoms with Gasteiger partial charge in [0.25, 0.3) is 0 Å². The van der Waals surface area contributed by atoms with Gasteiger partial charge in [-0.2, -0.15) is 0 Å². The van der Waals surface area contributed by atoms with E-state index in [0.29, 0.717) is 6.54 Å². The van der Waals surface area contributed by atoms with Gasteiger partial charge in [0.2, 0.25) is 0 Å². The van der Waals surface area contributed by atoms with E-state index in [4.69, 9.17) is 17.3 Å². The Labute approximate surface area is 129 Å². The zero-order chi connectivity index (χ0) is 14.0. The van der Waals surface area contributed by atoms with Crippen LogP contribution >= 0.6 is 27.5 Å². The molecule has 4 heteroatoms. The summed E-state index contributed by atoms with van der Waals surface area (Å²) in [4.78, 5) is 2.51. The fraction of sp³-hybridized carbons (Fsp3) is 0.600. The van der Waals surface area contributed by atoms with Crippen molar-refractivity contribution in [1.82, 2.24) is 4.90 Å². The molecule has 1 aromatic carbocycles. The van der Waals surface area contributed by atoms with E-state index in [-0.39, 0.29) is 6.04 Å². The minimum Gasteiger partial charge on any atom is -0.329 e. The van der Waals surface area contributed by atoms with Gasteiger partial charge in [-0.05, 0) is 42.5 Å². The van der Waals surface area contributed by atoms with Gasteiger partial charge in [0.05, 0.1) is 0 Å². The van der Waals surface area contributed by atoms with Gasteiger partial charge in [-0.3, -0.25) is 4.90 Å². The van der Waals surface area contributed by atoms with Crippen LogP contribution in [0.5, 0.6) is 0 Å². The van der Waals surface area contributed by atoms with Gasteiger partial charge in [0.1, 0.15) is 0 Å². The molecule has 0 spiro atoms. The van der Waals surface area contributed by atoms with E-state index < -0.39 is 0 Å². The summed E-state index contributed by atoms with van der Waals surface area (Å²) in [5, 5.41) is 0.757. The van der Waals surface area contributed by atoms with E-state index >= 15 is 0 Å². The summed E-state index contributed by atoms with van der Waals surface area (Å²) in [6.07, 6.45) is 1.28. The maximum absolute atomic E-state index is 6.02. The van der Waals surface area contributed by atoms with Gasteiger partial charge >= 0.3 is 0 Å². The number of hydrogen-bond acceptors (Lipinski definition) is 2. The molecule has 1 aliphatic rings. The van der Waals surface area contributed by atoms with Crippen LogP contribution in [0.4, 0.5) is 0 Å². The lowest BCUT2D eigenvalue weighted by Gasteiger charge is -2.28. The molecule has 1 aromatic rings. The number of benzene rings is 1. The van der Waals surface area contributed by atoms with E-state index in [1.54, 1.807) is 0 Å². The zero-order valence-electron chi connectivity index (χ0n) is 11.6. The SMILES string of the molecule is CC(C)C1CCN(C(CN)c2ccc(Cl)cc2Br)C1. The van der Waals surface area contributed by atoms with Crippen LogP contribution in [-0.4, -0.2) is 24.5 Å². The van der Waals surface area contributed by atoms with Crippen LogP contribution in [-0.2, 0) is 0 Å². The quantitative estimate of drug-likeness (QED) is 0.891. The van der Waals surface area contributed by atoms with Gasteiger partial charge in [0, 0.05) is 28.6 Å². The van der Waals surface area contributed by atoms with Crippen LogP contribution in [0.15, 0.2) is 22.7 Å². The van der Waals surface area contributed by atoms with Crippen LogP contribution in [0.3, 0.4) is 0 Å². The highest BCUT2D eigenvalue weighted by molar-refractivity contribution is 9.10. The number of hydrogen-bond donors (Lipinski definition) is 1. The third kappa shape index (κ3) is 3.52. The van der Waals surface area contributed by atoms with Crippen LogP contribution in [0, 0.1) is 11.8 Å². The Morgan fingerprint density at radius 2 is 2.21 bits per heavy atom. The van der Waals surface area contributed by atoms with Crippen molar-refractivity contribution in [2.45, 2.75) is 26.3 Å². The average Bonchev–Trinajstić information content (AvgIpc) is 2.82. The number of halogens is 2. The molecular formula is C15H22BrClN2. The first-order valence-corrected chi connectivity index (χ1v) is 8.09. The van der Waals surface area contributed by atoms with Crippen molar-refractivity contribution in [2.75, 3.05) is 19.6 Å². The minimum atomic E-state index is 0.287. The molecule has 1 heterocycles. The number of nitrogens with two attached hydrogens (primary N) is 1. The lowest BCUT2D eigenvalue weighted by molar-refractivity contribution is 0.231. The largest absolute Gasteiger partial charge is 0.329 e. The first-order chi connectivity index (χ1) is 9.02. The molecule has 2 N–H and O–H groups in total. The Morgan fingerprint density at radius 3 is 2.74 bits per heavy atom. The minimum absolute atomic E-state index is 0.287. The van der Waals surface area contributed by atoms with Crippen molar-refractivity contribution in [2.24, 2.45) is 17.6 Å². The van der Waals surface area contributed by atoms with Gasteiger partial charge < -0.3 is 5.73 Å². The van der Waals surface area contributed by atoms with Crippen molar-refractivity contribution in [3.63, 3.8) is 0 Å². The molecule has 0 aliphatic carbocycles. The summed E-state index contributed by atoms with van der Waals surface area (Å²) < 4.78 is 1.06. The standard InChI is InChI=1S/C15H22BrClN2/c1-10(2)11-5-6-19(9-11)15(8-18)13-4-3-12(17)7-14(13)16/h3-4,7,10-11,15H,5-6,8-9,18H2,1-2H3. The first-order valence-electron chi connectivity index (χ1n) is 6.92. The second-order valence-electron chi connectivity index (χ2n) is 5.71. The summed E-state index contributed by atoms with van der Waals surface area (Å²) in [5.41, 5.74) is 7.26. The molecule has 1 fully saturated rings. The molecule has 0 aromatic heterocycles. The third-order valence-corrected chi connectivity index (χ3v) is 5.11. The molecule has 0 amide bonds. The van der Waals surface area contributed by atoms with Crippen molar-refractivity contribution in [3.8, 4) is 0 Å². The van der Waals surface area contributed by atoms with Gasteiger partial charge in [-0.15, -0.1) is 0 Å². The second-order valence-corrected chi connectivity index (χ2v) is 7.00. The lowest BCUT2D eigenvalue weighted by Crippen LogP contribution is -2.32. The van der Waals surface area contributed by atoms with Crippen LogP contribution in [0.2, 0.25) is 5.02 Å². The molecule has 0 saturated carbocycles. The maximum atomic E-state index is 6.02. The summed E-state index contributed by atoms with van der Waals surface area (Å²) in [6.45, 7) is 7.55. The molecule has 2 atom stereocenters. The van der Waals surface area contributed by atoms with Crippen LogP contribution < -0.4 is 5.73 Å². The van der Waals surface area contributed by atoms with Crippen LogP contribution in [0.1, 0.15) is 31.9 Å². The molecule has 2 nitrogen and oxygen atoms in total. The Kier molecular flexibility index (Phi) is 5.29. The molecule has 1 saturated heterocycles. The predicted octanol–water partition coefficient (Wildman–Crippen LogP) is 4.08. The molecule has 0 bridgehead atoms. The second kappa shape index (κ2) is 6.57. The number of rotatable bonds is 4. The average molecular weight is 346 g/mol.